The molecule has 0 saturated carbocycles. The van der Waals surface area contributed by atoms with Gasteiger partial charge in [0.1, 0.15) is 5.82 Å². The Hall–Kier alpha value is -3.55. The van der Waals surface area contributed by atoms with E-state index in [4.69, 9.17) is 4.74 Å². The molecule has 0 atom stereocenters. The zero-order valence-electron chi connectivity index (χ0n) is 13.5. The van der Waals surface area contributed by atoms with Gasteiger partial charge in [0.2, 0.25) is 0 Å². The van der Waals surface area contributed by atoms with E-state index in [1.54, 1.807) is 24.3 Å². The molecule has 0 fully saturated rings. The number of nitrogens with one attached hydrogen (secondary N) is 2. The zero-order chi connectivity index (χ0) is 18.5. The number of aromatic amines is 1. The fraction of sp³-hybridized carbons (Fsp3) is 0.111. The Balaban J connectivity index is 1.59. The summed E-state index contributed by atoms with van der Waals surface area (Å²) in [6, 6.07) is 11.9. The second-order valence-corrected chi connectivity index (χ2v) is 5.44. The van der Waals surface area contributed by atoms with Crippen LogP contribution in [0, 0.1) is 5.82 Å². The normalized spacial score (nSPS) is 10.5. The number of hydrogen-bond acceptors (Lipinski definition) is 5. The van der Waals surface area contributed by atoms with Gasteiger partial charge in [-0.3, -0.25) is 14.4 Å². The van der Waals surface area contributed by atoms with Crippen molar-refractivity contribution in [1.29, 1.82) is 0 Å². The molecule has 132 valence electrons. The molecule has 8 heteroatoms. The second kappa shape index (κ2) is 7.56. The molecular weight excluding hydrogens is 341 g/mol. The molecule has 0 aliphatic rings. The predicted octanol–water partition coefficient (Wildman–Crippen LogP) is 1.79. The number of amides is 1. The molecule has 0 unspecified atom stereocenters. The van der Waals surface area contributed by atoms with Crippen LogP contribution in [-0.2, 0) is 20.7 Å². The molecule has 0 spiro atoms. The third-order valence-corrected chi connectivity index (χ3v) is 3.58. The Morgan fingerprint density at radius 3 is 2.50 bits per heavy atom. The van der Waals surface area contributed by atoms with Crippen molar-refractivity contribution in [2.24, 2.45) is 0 Å². The number of aromatic nitrogens is 2. The van der Waals surface area contributed by atoms with Gasteiger partial charge in [-0.15, -0.1) is 0 Å². The number of nitrogens with zero attached hydrogens (tertiary/aromatic N) is 1. The molecular formula is C18H14FN3O4. The maximum Gasteiger partial charge on any atom is 0.312 e. The van der Waals surface area contributed by atoms with E-state index in [0.717, 1.165) is 0 Å². The maximum atomic E-state index is 12.8. The number of benzene rings is 2. The van der Waals surface area contributed by atoms with Gasteiger partial charge in [-0.1, -0.05) is 18.2 Å². The van der Waals surface area contributed by atoms with E-state index in [0.29, 0.717) is 22.2 Å². The van der Waals surface area contributed by atoms with Crippen LogP contribution in [0.5, 0.6) is 0 Å². The van der Waals surface area contributed by atoms with Crippen LogP contribution < -0.4 is 10.9 Å². The van der Waals surface area contributed by atoms with Gasteiger partial charge in [0, 0.05) is 11.1 Å². The largest absolute Gasteiger partial charge is 0.455 e. The average Bonchev–Trinajstić information content (AvgIpc) is 2.64. The summed E-state index contributed by atoms with van der Waals surface area (Å²) in [5.74, 6) is -1.64. The number of halogens is 1. The van der Waals surface area contributed by atoms with Crippen molar-refractivity contribution >= 4 is 28.3 Å². The molecule has 3 aromatic rings. The first-order valence-electron chi connectivity index (χ1n) is 7.70. The lowest BCUT2D eigenvalue weighted by molar-refractivity contribution is -0.146. The van der Waals surface area contributed by atoms with E-state index < -0.39 is 24.3 Å². The summed E-state index contributed by atoms with van der Waals surface area (Å²) in [4.78, 5) is 35.4. The van der Waals surface area contributed by atoms with Gasteiger partial charge in [0.15, 0.2) is 6.61 Å². The van der Waals surface area contributed by atoms with Gasteiger partial charge < -0.3 is 10.1 Å². The van der Waals surface area contributed by atoms with E-state index in [-0.39, 0.29) is 12.0 Å². The zero-order valence-corrected chi connectivity index (χ0v) is 13.5. The van der Waals surface area contributed by atoms with E-state index in [2.05, 4.69) is 15.5 Å². The second-order valence-electron chi connectivity index (χ2n) is 5.44. The number of carbonyl (C=O) groups is 2. The van der Waals surface area contributed by atoms with Gasteiger partial charge >= 0.3 is 5.97 Å². The third kappa shape index (κ3) is 4.10. The lowest BCUT2D eigenvalue weighted by Gasteiger charge is -2.07. The van der Waals surface area contributed by atoms with E-state index >= 15 is 0 Å². The van der Waals surface area contributed by atoms with Crippen molar-refractivity contribution in [2.75, 3.05) is 11.9 Å². The Bertz CT molecular complexity index is 1010. The monoisotopic (exact) mass is 355 g/mol. The van der Waals surface area contributed by atoms with E-state index in [9.17, 15) is 18.8 Å². The Labute approximate surface area is 146 Å². The van der Waals surface area contributed by atoms with Crippen molar-refractivity contribution in [2.45, 2.75) is 6.42 Å². The van der Waals surface area contributed by atoms with Crippen LogP contribution in [0.1, 0.15) is 5.69 Å². The minimum absolute atomic E-state index is 0.193. The molecule has 0 aliphatic carbocycles. The van der Waals surface area contributed by atoms with Crippen LogP contribution in [-0.4, -0.2) is 28.7 Å². The third-order valence-electron chi connectivity index (χ3n) is 3.58. The summed E-state index contributed by atoms with van der Waals surface area (Å²) < 4.78 is 17.7. The van der Waals surface area contributed by atoms with Crippen LogP contribution in [0.25, 0.3) is 10.8 Å². The predicted molar refractivity (Wildman–Crippen MR) is 92.1 cm³/mol. The minimum Gasteiger partial charge on any atom is -0.455 e. The Morgan fingerprint density at radius 2 is 1.77 bits per heavy atom. The number of H-pyrrole nitrogens is 1. The van der Waals surface area contributed by atoms with Gasteiger partial charge in [-0.05, 0) is 30.3 Å². The van der Waals surface area contributed by atoms with Crippen molar-refractivity contribution in [3.63, 3.8) is 0 Å². The minimum atomic E-state index is -0.663. The highest BCUT2D eigenvalue weighted by Gasteiger charge is 2.13. The molecule has 0 saturated heterocycles. The first-order valence-corrected chi connectivity index (χ1v) is 7.70. The number of ether oxygens (including phenoxy) is 1. The van der Waals surface area contributed by atoms with Gasteiger partial charge in [-0.25, -0.2) is 9.49 Å². The van der Waals surface area contributed by atoms with Crippen LogP contribution >= 0.6 is 0 Å². The fourth-order valence-electron chi connectivity index (χ4n) is 2.37. The first kappa shape index (κ1) is 17.3. The summed E-state index contributed by atoms with van der Waals surface area (Å²) in [5.41, 5.74) is 0.390. The topological polar surface area (TPSA) is 101 Å². The standard InChI is InChI=1S/C18H14FN3O4/c19-11-5-7-12(8-6-11)20-16(23)10-26-17(24)9-15-13-3-1-2-4-14(13)18(25)22-21-15/h1-8H,9-10H2,(H,20,23)(H,22,25). The smallest absolute Gasteiger partial charge is 0.312 e. The van der Waals surface area contributed by atoms with Crippen LogP contribution in [0.4, 0.5) is 10.1 Å². The number of esters is 1. The molecule has 1 amide bonds. The van der Waals surface area contributed by atoms with Crippen molar-refractivity contribution < 1.29 is 18.7 Å². The van der Waals surface area contributed by atoms with Crippen LogP contribution in [0.3, 0.4) is 0 Å². The van der Waals surface area contributed by atoms with Gasteiger partial charge in [0.25, 0.3) is 11.5 Å². The molecule has 2 aromatic carbocycles. The van der Waals surface area contributed by atoms with E-state index in [1.807, 2.05) is 0 Å². The highest BCUT2D eigenvalue weighted by atomic mass is 19.1. The Kier molecular flexibility index (Phi) is 5.02. The molecule has 3 rings (SSSR count). The summed E-state index contributed by atoms with van der Waals surface area (Å²) in [7, 11) is 0. The quantitative estimate of drug-likeness (QED) is 0.680. The van der Waals surface area contributed by atoms with Gasteiger partial charge in [-0.2, -0.15) is 5.10 Å². The average molecular weight is 355 g/mol. The number of hydrogen-bond donors (Lipinski definition) is 2. The highest BCUT2D eigenvalue weighted by molar-refractivity contribution is 5.93. The van der Waals surface area contributed by atoms with Crippen LogP contribution in [0.15, 0.2) is 53.3 Å². The molecule has 1 heterocycles. The summed E-state index contributed by atoms with van der Waals surface area (Å²) in [6.45, 7) is -0.489. The summed E-state index contributed by atoms with van der Waals surface area (Å²) in [5, 5.41) is 9.64. The number of anilines is 1. The SMILES string of the molecule is O=C(COC(=O)Cc1n[nH]c(=O)c2ccccc12)Nc1ccc(F)cc1. The molecule has 0 aliphatic heterocycles. The summed E-state index contributed by atoms with van der Waals surface area (Å²) >= 11 is 0. The Morgan fingerprint density at radius 1 is 1.08 bits per heavy atom. The summed E-state index contributed by atoms with van der Waals surface area (Å²) in [6.07, 6.45) is -0.193. The number of carbonyl (C=O) groups excluding carboxylic acids is 2. The molecule has 0 radical (unpaired) electrons. The van der Waals surface area contributed by atoms with Crippen molar-refractivity contribution in [1.82, 2.24) is 10.2 Å². The molecule has 7 nitrogen and oxygen atoms in total. The highest BCUT2D eigenvalue weighted by Crippen LogP contribution is 2.13. The van der Waals surface area contributed by atoms with Gasteiger partial charge in [0.05, 0.1) is 17.5 Å². The van der Waals surface area contributed by atoms with Crippen LogP contribution in [0.2, 0.25) is 0 Å². The number of fused-ring (bicyclic) bond motifs is 1. The fourth-order valence-corrected chi connectivity index (χ4v) is 2.37. The molecule has 2 N–H and O–H groups in total. The molecule has 0 bridgehead atoms. The van der Waals surface area contributed by atoms with Crippen molar-refractivity contribution in [3.8, 4) is 0 Å². The van der Waals surface area contributed by atoms with Crippen molar-refractivity contribution in [3.05, 3.63) is 70.4 Å². The van der Waals surface area contributed by atoms with E-state index in [1.165, 1.54) is 24.3 Å². The molecule has 26 heavy (non-hydrogen) atoms. The number of rotatable bonds is 5. The first-order chi connectivity index (χ1) is 12.5. The maximum absolute atomic E-state index is 12.8. The lowest BCUT2D eigenvalue weighted by Crippen LogP contribution is -2.22. The molecule has 1 aromatic heterocycles. The lowest BCUT2D eigenvalue weighted by atomic mass is 10.1.